The summed E-state index contributed by atoms with van der Waals surface area (Å²) >= 11 is 1.31. The lowest BCUT2D eigenvalue weighted by molar-refractivity contribution is -0.116. The molecule has 2 aromatic carbocycles. The molecule has 0 radical (unpaired) electrons. The summed E-state index contributed by atoms with van der Waals surface area (Å²) < 4.78 is 1.82. The Morgan fingerprint density at radius 2 is 1.70 bits per heavy atom. The average Bonchev–Trinajstić information content (AvgIpc) is 3.08. The van der Waals surface area contributed by atoms with Crippen LogP contribution in [0.2, 0.25) is 0 Å². The van der Waals surface area contributed by atoms with Crippen molar-refractivity contribution in [2.24, 2.45) is 7.05 Å². The van der Waals surface area contributed by atoms with Gasteiger partial charge in [-0.1, -0.05) is 47.7 Å². The van der Waals surface area contributed by atoms with E-state index in [0.717, 1.165) is 22.5 Å². The Bertz CT molecular complexity index is 1030. The van der Waals surface area contributed by atoms with Crippen LogP contribution in [0.25, 0.3) is 0 Å². The number of thioether (sulfide) groups is 1. The molecule has 7 nitrogen and oxygen atoms in total. The van der Waals surface area contributed by atoms with Gasteiger partial charge in [-0.2, -0.15) is 0 Å². The van der Waals surface area contributed by atoms with Crippen LogP contribution < -0.4 is 10.6 Å². The van der Waals surface area contributed by atoms with Gasteiger partial charge in [-0.05, 0) is 37.6 Å². The van der Waals surface area contributed by atoms with Gasteiger partial charge in [0.25, 0.3) is 0 Å². The van der Waals surface area contributed by atoms with Gasteiger partial charge in [0.05, 0.1) is 5.75 Å². The number of hydrogen-bond acceptors (Lipinski definition) is 5. The summed E-state index contributed by atoms with van der Waals surface area (Å²) in [6, 6.07) is 15.3. The van der Waals surface area contributed by atoms with Crippen molar-refractivity contribution in [2.75, 3.05) is 16.4 Å². The molecule has 30 heavy (non-hydrogen) atoms. The predicted molar refractivity (Wildman–Crippen MR) is 120 cm³/mol. The van der Waals surface area contributed by atoms with E-state index in [1.165, 1.54) is 11.8 Å². The molecule has 1 aromatic heterocycles. The highest BCUT2D eigenvalue weighted by Gasteiger charge is 2.13. The number of hydrogen-bond donors (Lipinski definition) is 2. The van der Waals surface area contributed by atoms with Gasteiger partial charge in [0.15, 0.2) is 5.16 Å². The normalized spacial score (nSPS) is 10.6. The average molecular weight is 424 g/mol. The summed E-state index contributed by atoms with van der Waals surface area (Å²) in [5.41, 5.74) is 3.74. The maximum absolute atomic E-state index is 12.2. The van der Waals surface area contributed by atoms with Crippen LogP contribution in [-0.4, -0.2) is 32.3 Å². The first-order chi connectivity index (χ1) is 14.4. The van der Waals surface area contributed by atoms with Crippen LogP contribution in [0.15, 0.2) is 53.7 Å². The van der Waals surface area contributed by atoms with Gasteiger partial charge in [-0.15, -0.1) is 10.2 Å². The molecule has 0 aliphatic carbocycles. The lowest BCUT2D eigenvalue weighted by Gasteiger charge is -2.08. The third kappa shape index (κ3) is 5.93. The maximum atomic E-state index is 12.2. The zero-order valence-electron chi connectivity index (χ0n) is 17.3. The molecule has 3 rings (SSSR count). The van der Waals surface area contributed by atoms with E-state index in [9.17, 15) is 9.59 Å². The Morgan fingerprint density at radius 3 is 2.43 bits per heavy atom. The van der Waals surface area contributed by atoms with Crippen molar-refractivity contribution in [3.05, 3.63) is 65.5 Å². The van der Waals surface area contributed by atoms with E-state index in [2.05, 4.69) is 20.8 Å². The Morgan fingerprint density at radius 1 is 0.967 bits per heavy atom. The van der Waals surface area contributed by atoms with Crippen molar-refractivity contribution in [1.29, 1.82) is 0 Å². The van der Waals surface area contributed by atoms with E-state index < -0.39 is 0 Å². The number of carbonyl (C=O) groups excluding carboxylic acids is 2. The molecule has 0 saturated heterocycles. The number of anilines is 2. The number of rotatable bonds is 8. The first-order valence-corrected chi connectivity index (χ1v) is 10.6. The topological polar surface area (TPSA) is 88.9 Å². The number of nitrogens with one attached hydrogen (secondary N) is 2. The Hall–Kier alpha value is -3.13. The second-order valence-corrected chi connectivity index (χ2v) is 7.97. The quantitative estimate of drug-likeness (QED) is 0.539. The van der Waals surface area contributed by atoms with E-state index in [4.69, 9.17) is 0 Å². The minimum Gasteiger partial charge on any atom is -0.326 e. The Labute approximate surface area is 180 Å². The molecule has 0 bridgehead atoms. The lowest BCUT2D eigenvalue weighted by atomic mass is 10.2. The van der Waals surface area contributed by atoms with Gasteiger partial charge in [0.1, 0.15) is 5.82 Å². The third-order valence-electron chi connectivity index (χ3n) is 4.59. The molecule has 8 heteroatoms. The van der Waals surface area contributed by atoms with Crippen LogP contribution in [0, 0.1) is 13.8 Å². The number of aromatic nitrogens is 3. The molecular formula is C22H25N5O2S. The summed E-state index contributed by atoms with van der Waals surface area (Å²) in [4.78, 5) is 24.4. The molecule has 0 aliphatic rings. The van der Waals surface area contributed by atoms with E-state index in [1.807, 2.05) is 74.0 Å². The molecule has 0 fully saturated rings. The fourth-order valence-corrected chi connectivity index (χ4v) is 3.53. The molecule has 0 spiro atoms. The summed E-state index contributed by atoms with van der Waals surface area (Å²) in [5.74, 6) is 0.759. The standard InChI is InChI=1S/C22H25N5O2S/c1-15-8-10-17(11-9-15)23-21(29)14-30-22-26-25-19(27(22)3)12-13-20(28)24-18-7-5-4-6-16(18)2/h4-11H,12-14H2,1-3H3,(H,23,29)(H,24,28). The smallest absolute Gasteiger partial charge is 0.234 e. The fourth-order valence-electron chi connectivity index (χ4n) is 2.80. The molecule has 0 saturated carbocycles. The largest absolute Gasteiger partial charge is 0.326 e. The number of aryl methyl sites for hydroxylation is 3. The van der Waals surface area contributed by atoms with E-state index >= 15 is 0 Å². The van der Waals surface area contributed by atoms with Gasteiger partial charge >= 0.3 is 0 Å². The van der Waals surface area contributed by atoms with Crippen LogP contribution in [0.4, 0.5) is 11.4 Å². The van der Waals surface area contributed by atoms with Crippen LogP contribution in [0.3, 0.4) is 0 Å². The second kappa shape index (κ2) is 10.1. The van der Waals surface area contributed by atoms with Gasteiger partial charge < -0.3 is 15.2 Å². The minimum atomic E-state index is -0.106. The van der Waals surface area contributed by atoms with Crippen LogP contribution >= 0.6 is 11.8 Å². The van der Waals surface area contributed by atoms with Crippen molar-refractivity contribution >= 4 is 35.0 Å². The fraction of sp³-hybridized carbons (Fsp3) is 0.273. The van der Waals surface area contributed by atoms with E-state index in [-0.39, 0.29) is 17.6 Å². The van der Waals surface area contributed by atoms with E-state index in [0.29, 0.717) is 23.8 Å². The molecule has 2 amide bonds. The number of nitrogens with zero attached hydrogens (tertiary/aromatic N) is 3. The second-order valence-electron chi connectivity index (χ2n) is 7.02. The SMILES string of the molecule is Cc1ccc(NC(=O)CSc2nnc(CCC(=O)Nc3ccccc3C)n2C)cc1. The highest BCUT2D eigenvalue weighted by atomic mass is 32.2. The van der Waals surface area contributed by atoms with Crippen molar-refractivity contribution in [3.8, 4) is 0 Å². The zero-order chi connectivity index (χ0) is 21.5. The van der Waals surface area contributed by atoms with Crippen molar-refractivity contribution in [3.63, 3.8) is 0 Å². The molecular weight excluding hydrogens is 398 g/mol. The van der Waals surface area contributed by atoms with Crippen molar-refractivity contribution < 1.29 is 9.59 Å². The monoisotopic (exact) mass is 423 g/mol. The highest BCUT2D eigenvalue weighted by molar-refractivity contribution is 7.99. The van der Waals surface area contributed by atoms with Crippen LogP contribution in [0.5, 0.6) is 0 Å². The van der Waals surface area contributed by atoms with Gasteiger partial charge in [0, 0.05) is 31.3 Å². The van der Waals surface area contributed by atoms with Crippen molar-refractivity contribution in [1.82, 2.24) is 14.8 Å². The van der Waals surface area contributed by atoms with Crippen molar-refractivity contribution in [2.45, 2.75) is 31.8 Å². The minimum absolute atomic E-state index is 0.0704. The van der Waals surface area contributed by atoms with E-state index in [1.54, 1.807) is 0 Å². The summed E-state index contributed by atoms with van der Waals surface area (Å²) in [7, 11) is 1.84. The molecule has 3 aromatic rings. The number of para-hydroxylation sites is 1. The van der Waals surface area contributed by atoms with Crippen LogP contribution in [-0.2, 0) is 23.1 Å². The number of carbonyl (C=O) groups is 2. The maximum Gasteiger partial charge on any atom is 0.234 e. The molecule has 0 atom stereocenters. The molecule has 0 aliphatic heterocycles. The first-order valence-electron chi connectivity index (χ1n) is 9.65. The zero-order valence-corrected chi connectivity index (χ0v) is 18.1. The predicted octanol–water partition coefficient (Wildman–Crippen LogP) is 3.73. The molecule has 2 N–H and O–H groups in total. The lowest BCUT2D eigenvalue weighted by Crippen LogP contribution is -2.15. The van der Waals surface area contributed by atoms with Gasteiger partial charge in [-0.3, -0.25) is 9.59 Å². The molecule has 1 heterocycles. The Kier molecular flexibility index (Phi) is 7.24. The highest BCUT2D eigenvalue weighted by Crippen LogP contribution is 2.18. The first kappa shape index (κ1) is 21.6. The summed E-state index contributed by atoms with van der Waals surface area (Å²) in [6.45, 7) is 3.95. The third-order valence-corrected chi connectivity index (χ3v) is 5.61. The Balaban J connectivity index is 1.48. The number of benzene rings is 2. The summed E-state index contributed by atoms with van der Waals surface area (Å²) in [5, 5.41) is 14.7. The van der Waals surface area contributed by atoms with Crippen LogP contribution in [0.1, 0.15) is 23.4 Å². The number of amides is 2. The van der Waals surface area contributed by atoms with Gasteiger partial charge in [0.2, 0.25) is 11.8 Å². The molecule has 0 unspecified atom stereocenters. The van der Waals surface area contributed by atoms with Gasteiger partial charge in [-0.25, -0.2) is 0 Å². The molecule has 156 valence electrons. The summed E-state index contributed by atoms with van der Waals surface area (Å²) in [6.07, 6.45) is 0.774.